The maximum absolute atomic E-state index is 13.9. The van der Waals surface area contributed by atoms with Crippen LogP contribution < -0.4 is 10.1 Å². The highest BCUT2D eigenvalue weighted by Crippen LogP contribution is 2.39. The molecule has 0 bridgehead atoms. The van der Waals surface area contributed by atoms with E-state index in [1.165, 1.54) is 6.07 Å². The number of benzene rings is 3. The Bertz CT molecular complexity index is 1250. The van der Waals surface area contributed by atoms with E-state index < -0.39 is 5.82 Å². The number of nitrogens with zero attached hydrogens (tertiary/aromatic N) is 3. The number of hydrogen-bond acceptors (Lipinski definition) is 4. The number of amidine groups is 1. The predicted molar refractivity (Wildman–Crippen MR) is 127 cm³/mol. The van der Waals surface area contributed by atoms with Crippen molar-refractivity contribution in [3.05, 3.63) is 83.2 Å². The van der Waals surface area contributed by atoms with E-state index in [-0.39, 0.29) is 11.7 Å². The first-order chi connectivity index (χ1) is 16.0. The van der Waals surface area contributed by atoms with Gasteiger partial charge in [-0.2, -0.15) is 0 Å². The number of halogens is 1. The topological polar surface area (TPSA) is 57.2 Å². The normalized spacial score (nSPS) is 15.1. The Hall–Kier alpha value is -3.87. The standard InChI is InChI=1S/C26H25FN4O2/c1-17-8-10-23-19(15-17)25(28-22-9-7-18(2)16-24(22)33-23)30-11-13-31(14-12-30)26(32)29-21-6-4-3-5-20(21)27/h3-10,15-16H,11-14H2,1-2H3,(H,29,32). The Morgan fingerprint density at radius 2 is 1.67 bits per heavy atom. The summed E-state index contributed by atoms with van der Waals surface area (Å²) in [6, 6.07) is 18.0. The van der Waals surface area contributed by atoms with Gasteiger partial charge in [0.05, 0.1) is 11.3 Å². The molecule has 0 aromatic heterocycles. The van der Waals surface area contributed by atoms with Gasteiger partial charge in [0, 0.05) is 26.2 Å². The first kappa shape index (κ1) is 21.0. The van der Waals surface area contributed by atoms with Crippen LogP contribution in [-0.4, -0.2) is 47.8 Å². The lowest BCUT2D eigenvalue weighted by atomic mass is 10.1. The van der Waals surface area contributed by atoms with E-state index in [1.54, 1.807) is 23.1 Å². The van der Waals surface area contributed by atoms with E-state index in [2.05, 4.69) is 16.3 Å². The minimum absolute atomic E-state index is 0.187. The van der Waals surface area contributed by atoms with Crippen LogP contribution in [-0.2, 0) is 0 Å². The number of hydrogen-bond donors (Lipinski definition) is 1. The molecule has 0 spiro atoms. The van der Waals surface area contributed by atoms with Crippen molar-refractivity contribution in [3.63, 3.8) is 0 Å². The molecule has 3 aromatic carbocycles. The van der Waals surface area contributed by atoms with Crippen molar-refractivity contribution in [2.45, 2.75) is 13.8 Å². The van der Waals surface area contributed by atoms with Crippen LogP contribution in [0.25, 0.3) is 0 Å². The number of para-hydroxylation sites is 1. The predicted octanol–water partition coefficient (Wildman–Crippen LogP) is 5.48. The highest BCUT2D eigenvalue weighted by molar-refractivity contribution is 6.04. The minimum Gasteiger partial charge on any atom is -0.454 e. The van der Waals surface area contributed by atoms with Crippen LogP contribution >= 0.6 is 0 Å². The molecule has 0 aliphatic carbocycles. The molecule has 2 aliphatic rings. The lowest BCUT2D eigenvalue weighted by molar-refractivity contribution is 0.181. The number of carbonyl (C=O) groups is 1. The second kappa shape index (κ2) is 8.58. The molecule has 1 N–H and O–H groups in total. The van der Waals surface area contributed by atoms with E-state index in [1.807, 2.05) is 44.2 Å². The van der Waals surface area contributed by atoms with E-state index >= 15 is 0 Å². The maximum atomic E-state index is 13.9. The number of rotatable bonds is 1. The number of urea groups is 1. The average Bonchev–Trinajstić information content (AvgIpc) is 2.97. The molecule has 168 valence electrons. The van der Waals surface area contributed by atoms with Gasteiger partial charge in [-0.1, -0.05) is 29.8 Å². The zero-order valence-electron chi connectivity index (χ0n) is 18.6. The second-order valence-corrected chi connectivity index (χ2v) is 8.39. The SMILES string of the molecule is Cc1ccc2c(c1)Oc1ccc(C)cc1C(N1CCN(C(=O)Nc3ccccc3F)CC1)=N2. The number of carbonyl (C=O) groups excluding carboxylic acids is 1. The van der Waals surface area contributed by atoms with Gasteiger partial charge in [0.2, 0.25) is 0 Å². The van der Waals surface area contributed by atoms with Crippen molar-refractivity contribution in [3.8, 4) is 11.5 Å². The molecular formula is C26H25FN4O2. The largest absolute Gasteiger partial charge is 0.454 e. The molecular weight excluding hydrogens is 419 g/mol. The summed E-state index contributed by atoms with van der Waals surface area (Å²) in [5, 5.41) is 2.67. The molecule has 0 unspecified atom stereocenters. The van der Waals surface area contributed by atoms with Gasteiger partial charge in [0.25, 0.3) is 0 Å². The van der Waals surface area contributed by atoms with Gasteiger partial charge >= 0.3 is 6.03 Å². The summed E-state index contributed by atoms with van der Waals surface area (Å²) >= 11 is 0. The molecule has 6 nitrogen and oxygen atoms in total. The molecule has 2 heterocycles. The summed E-state index contributed by atoms with van der Waals surface area (Å²) in [6.45, 7) is 6.30. The van der Waals surface area contributed by atoms with E-state index in [0.29, 0.717) is 26.2 Å². The summed E-state index contributed by atoms with van der Waals surface area (Å²) < 4.78 is 20.2. The molecule has 0 radical (unpaired) electrons. The Kier molecular flexibility index (Phi) is 5.46. The molecule has 7 heteroatoms. The van der Waals surface area contributed by atoms with Crippen LogP contribution in [0.3, 0.4) is 0 Å². The maximum Gasteiger partial charge on any atom is 0.322 e. The van der Waals surface area contributed by atoms with Crippen LogP contribution in [0, 0.1) is 19.7 Å². The van der Waals surface area contributed by atoms with Crippen molar-refractivity contribution in [2.75, 3.05) is 31.5 Å². The van der Waals surface area contributed by atoms with Gasteiger partial charge < -0.3 is 19.9 Å². The van der Waals surface area contributed by atoms with Gasteiger partial charge in [0.15, 0.2) is 5.75 Å². The highest BCUT2D eigenvalue weighted by atomic mass is 19.1. The number of nitrogens with one attached hydrogen (secondary N) is 1. The first-order valence-electron chi connectivity index (χ1n) is 11.0. The van der Waals surface area contributed by atoms with E-state index in [9.17, 15) is 9.18 Å². The Labute approximate surface area is 192 Å². The lowest BCUT2D eigenvalue weighted by Crippen LogP contribution is -2.51. The van der Waals surface area contributed by atoms with Gasteiger partial charge in [-0.05, 0) is 55.8 Å². The van der Waals surface area contributed by atoms with E-state index in [0.717, 1.165) is 39.7 Å². The number of aryl methyl sites for hydroxylation is 2. The van der Waals surface area contributed by atoms with Crippen LogP contribution in [0.4, 0.5) is 20.6 Å². The van der Waals surface area contributed by atoms with Gasteiger partial charge in [-0.25, -0.2) is 14.2 Å². The fourth-order valence-corrected chi connectivity index (χ4v) is 4.12. The summed E-state index contributed by atoms with van der Waals surface area (Å²) in [7, 11) is 0. The Morgan fingerprint density at radius 3 is 2.45 bits per heavy atom. The minimum atomic E-state index is -0.446. The van der Waals surface area contributed by atoms with Crippen molar-refractivity contribution >= 4 is 23.2 Å². The molecule has 0 saturated carbocycles. The molecule has 5 rings (SSSR count). The average molecular weight is 445 g/mol. The van der Waals surface area contributed by atoms with Crippen molar-refractivity contribution in [2.24, 2.45) is 4.99 Å². The number of amides is 2. The fourth-order valence-electron chi connectivity index (χ4n) is 4.12. The molecule has 2 aliphatic heterocycles. The second-order valence-electron chi connectivity index (χ2n) is 8.39. The Balaban J connectivity index is 1.38. The van der Waals surface area contributed by atoms with Gasteiger partial charge in [-0.15, -0.1) is 0 Å². The number of ether oxygens (including phenoxy) is 1. The van der Waals surface area contributed by atoms with Crippen molar-refractivity contribution in [1.82, 2.24) is 9.80 Å². The first-order valence-corrected chi connectivity index (χ1v) is 11.0. The van der Waals surface area contributed by atoms with Crippen LogP contribution in [0.2, 0.25) is 0 Å². The number of fused-ring (bicyclic) bond motifs is 2. The summed E-state index contributed by atoms with van der Waals surface area (Å²) in [4.78, 5) is 21.5. The fraction of sp³-hybridized carbons (Fsp3) is 0.231. The Morgan fingerprint density at radius 1 is 0.939 bits per heavy atom. The van der Waals surface area contributed by atoms with Crippen molar-refractivity contribution in [1.29, 1.82) is 0 Å². The number of piperazine rings is 1. The zero-order chi connectivity index (χ0) is 22.9. The summed E-state index contributed by atoms with van der Waals surface area (Å²) in [5.74, 6) is 1.89. The monoisotopic (exact) mass is 444 g/mol. The molecule has 33 heavy (non-hydrogen) atoms. The molecule has 1 saturated heterocycles. The van der Waals surface area contributed by atoms with Gasteiger partial charge in [-0.3, -0.25) is 0 Å². The number of anilines is 1. The molecule has 2 amide bonds. The van der Waals surface area contributed by atoms with Crippen LogP contribution in [0.15, 0.2) is 65.7 Å². The third-order valence-corrected chi connectivity index (χ3v) is 5.92. The summed E-state index contributed by atoms with van der Waals surface area (Å²) in [6.07, 6.45) is 0. The lowest BCUT2D eigenvalue weighted by Gasteiger charge is -2.36. The van der Waals surface area contributed by atoms with Gasteiger partial charge in [0.1, 0.15) is 23.1 Å². The smallest absolute Gasteiger partial charge is 0.322 e. The highest BCUT2D eigenvalue weighted by Gasteiger charge is 2.28. The van der Waals surface area contributed by atoms with E-state index in [4.69, 9.17) is 9.73 Å². The zero-order valence-corrected chi connectivity index (χ0v) is 18.6. The van der Waals surface area contributed by atoms with Crippen molar-refractivity contribution < 1.29 is 13.9 Å². The molecule has 0 atom stereocenters. The molecule has 3 aromatic rings. The quantitative estimate of drug-likeness (QED) is 0.541. The van der Waals surface area contributed by atoms with Crippen LogP contribution in [0.5, 0.6) is 11.5 Å². The molecule has 1 fully saturated rings. The summed E-state index contributed by atoms with van der Waals surface area (Å²) in [5.41, 5.74) is 4.13. The third kappa shape index (κ3) is 4.26. The number of aliphatic imine (C=N–C) groups is 1. The van der Waals surface area contributed by atoms with Crippen LogP contribution in [0.1, 0.15) is 16.7 Å². The third-order valence-electron chi connectivity index (χ3n) is 5.92.